The summed E-state index contributed by atoms with van der Waals surface area (Å²) in [4.78, 5) is 0. The van der Waals surface area contributed by atoms with Gasteiger partial charge < -0.3 is 10.4 Å². The standard InChI is InChI=1S/C21H45NO4S/c1-2-3-4-5-6-7-8-9-10-11-12-13-14-15-17-21(23)20-22-18-16-19-27(24,25)26/h21-23H,2-20H2,1H3,(H,24,25,26). The van der Waals surface area contributed by atoms with E-state index >= 15 is 0 Å². The van der Waals surface area contributed by atoms with Crippen molar-refractivity contribution in [1.29, 1.82) is 0 Å². The Morgan fingerprint density at radius 3 is 1.63 bits per heavy atom. The molecule has 0 radical (unpaired) electrons. The second kappa shape index (κ2) is 19.2. The molecule has 0 aliphatic rings. The Labute approximate surface area is 168 Å². The van der Waals surface area contributed by atoms with Crippen LogP contribution in [0.25, 0.3) is 0 Å². The molecule has 0 rings (SSSR count). The van der Waals surface area contributed by atoms with Gasteiger partial charge in [-0.05, 0) is 19.4 Å². The first-order valence-electron chi connectivity index (χ1n) is 11.3. The van der Waals surface area contributed by atoms with E-state index in [1.165, 1.54) is 83.5 Å². The van der Waals surface area contributed by atoms with Crippen molar-refractivity contribution in [3.63, 3.8) is 0 Å². The van der Waals surface area contributed by atoms with Crippen molar-refractivity contribution in [3.05, 3.63) is 0 Å². The van der Waals surface area contributed by atoms with Crippen LogP contribution in [-0.2, 0) is 10.1 Å². The molecule has 0 bridgehead atoms. The normalized spacial score (nSPS) is 13.1. The van der Waals surface area contributed by atoms with Crippen LogP contribution < -0.4 is 5.32 Å². The van der Waals surface area contributed by atoms with E-state index in [9.17, 15) is 13.5 Å². The Bertz CT molecular complexity index is 401. The molecule has 0 amide bonds. The van der Waals surface area contributed by atoms with Crippen molar-refractivity contribution in [1.82, 2.24) is 5.32 Å². The van der Waals surface area contributed by atoms with E-state index in [4.69, 9.17) is 4.55 Å². The Balaban J connectivity index is 3.19. The quantitative estimate of drug-likeness (QED) is 0.182. The molecule has 0 aromatic carbocycles. The van der Waals surface area contributed by atoms with Crippen LogP contribution >= 0.6 is 0 Å². The zero-order valence-corrected chi connectivity index (χ0v) is 18.4. The summed E-state index contributed by atoms with van der Waals surface area (Å²) >= 11 is 0. The molecule has 164 valence electrons. The van der Waals surface area contributed by atoms with Crippen molar-refractivity contribution < 1.29 is 18.1 Å². The Morgan fingerprint density at radius 2 is 1.19 bits per heavy atom. The maximum Gasteiger partial charge on any atom is 0.264 e. The molecule has 1 atom stereocenters. The van der Waals surface area contributed by atoms with E-state index in [0.29, 0.717) is 19.5 Å². The number of hydrogen-bond acceptors (Lipinski definition) is 4. The third-order valence-corrected chi connectivity index (χ3v) is 5.83. The van der Waals surface area contributed by atoms with Crippen LogP contribution in [0.1, 0.15) is 110 Å². The summed E-state index contributed by atoms with van der Waals surface area (Å²) in [6.07, 6.45) is 19.4. The minimum absolute atomic E-state index is 0.227. The summed E-state index contributed by atoms with van der Waals surface area (Å²) in [5.74, 6) is -0.227. The van der Waals surface area contributed by atoms with Crippen LogP contribution in [0.4, 0.5) is 0 Å². The number of aliphatic hydroxyl groups is 1. The third kappa shape index (κ3) is 23.8. The first-order chi connectivity index (χ1) is 13.0. The summed E-state index contributed by atoms with van der Waals surface area (Å²) < 4.78 is 29.7. The van der Waals surface area contributed by atoms with Crippen LogP contribution in [0, 0.1) is 0 Å². The second-order valence-electron chi connectivity index (χ2n) is 7.88. The Kier molecular flexibility index (Phi) is 19.0. The summed E-state index contributed by atoms with van der Waals surface area (Å²) in [6.45, 7) is 3.25. The molecule has 0 aromatic rings. The average Bonchev–Trinajstić information content (AvgIpc) is 2.60. The lowest BCUT2D eigenvalue weighted by Gasteiger charge is -2.11. The SMILES string of the molecule is CCCCCCCCCCCCCCCCC(O)CNCCCS(=O)(=O)O. The maximum absolute atomic E-state index is 10.6. The number of unbranched alkanes of at least 4 members (excludes halogenated alkanes) is 13. The molecule has 1 unspecified atom stereocenters. The average molecular weight is 408 g/mol. The van der Waals surface area contributed by atoms with E-state index in [2.05, 4.69) is 12.2 Å². The largest absolute Gasteiger partial charge is 0.392 e. The van der Waals surface area contributed by atoms with Gasteiger partial charge in [0.25, 0.3) is 10.1 Å². The van der Waals surface area contributed by atoms with Crippen LogP contribution in [0.2, 0.25) is 0 Å². The fraction of sp³-hybridized carbons (Fsp3) is 1.00. The smallest absolute Gasteiger partial charge is 0.264 e. The molecule has 0 saturated carbocycles. The van der Waals surface area contributed by atoms with Crippen LogP contribution in [-0.4, -0.2) is 43.0 Å². The third-order valence-electron chi connectivity index (χ3n) is 5.03. The molecule has 0 aliphatic heterocycles. The zero-order valence-electron chi connectivity index (χ0n) is 17.6. The molecule has 0 aromatic heterocycles. The number of hydrogen-bond donors (Lipinski definition) is 3. The van der Waals surface area contributed by atoms with Gasteiger partial charge in [-0.1, -0.05) is 96.8 Å². The molecule has 27 heavy (non-hydrogen) atoms. The lowest BCUT2D eigenvalue weighted by molar-refractivity contribution is 0.158. The molecule has 5 nitrogen and oxygen atoms in total. The van der Waals surface area contributed by atoms with E-state index in [-0.39, 0.29) is 11.9 Å². The van der Waals surface area contributed by atoms with Crippen LogP contribution in [0.5, 0.6) is 0 Å². The first-order valence-corrected chi connectivity index (χ1v) is 12.9. The maximum atomic E-state index is 10.6. The highest BCUT2D eigenvalue weighted by molar-refractivity contribution is 7.85. The number of nitrogens with one attached hydrogen (secondary N) is 1. The van der Waals surface area contributed by atoms with Gasteiger partial charge in [-0.3, -0.25) is 4.55 Å². The fourth-order valence-electron chi connectivity index (χ4n) is 3.32. The highest BCUT2D eigenvalue weighted by Crippen LogP contribution is 2.13. The lowest BCUT2D eigenvalue weighted by atomic mass is 10.0. The molecule has 3 N–H and O–H groups in total. The van der Waals surface area contributed by atoms with Crippen molar-refractivity contribution in [2.24, 2.45) is 0 Å². The molecular formula is C21H45NO4S. The first kappa shape index (κ1) is 26.8. The molecule has 0 heterocycles. The molecule has 0 aliphatic carbocycles. The molecule has 0 saturated heterocycles. The highest BCUT2D eigenvalue weighted by Gasteiger charge is 2.05. The molecule has 0 fully saturated rings. The number of aliphatic hydroxyl groups excluding tert-OH is 1. The van der Waals surface area contributed by atoms with Crippen molar-refractivity contribution >= 4 is 10.1 Å². The molecule has 0 spiro atoms. The summed E-state index contributed by atoms with van der Waals surface area (Å²) in [6, 6.07) is 0. The van der Waals surface area contributed by atoms with E-state index in [1.807, 2.05) is 0 Å². The topological polar surface area (TPSA) is 86.6 Å². The van der Waals surface area contributed by atoms with Gasteiger partial charge in [-0.2, -0.15) is 8.42 Å². The molecular weight excluding hydrogens is 362 g/mol. The second-order valence-corrected chi connectivity index (χ2v) is 9.45. The van der Waals surface area contributed by atoms with Gasteiger partial charge in [0.05, 0.1) is 11.9 Å². The van der Waals surface area contributed by atoms with Crippen molar-refractivity contribution in [2.75, 3.05) is 18.8 Å². The number of rotatable bonds is 21. The van der Waals surface area contributed by atoms with Crippen molar-refractivity contribution in [3.8, 4) is 0 Å². The van der Waals surface area contributed by atoms with Gasteiger partial charge in [0.1, 0.15) is 0 Å². The predicted octanol–water partition coefficient (Wildman–Crippen LogP) is 5.09. The Hall–Kier alpha value is -0.170. The molecule has 6 heteroatoms. The van der Waals surface area contributed by atoms with Crippen molar-refractivity contribution in [2.45, 2.75) is 116 Å². The van der Waals surface area contributed by atoms with Gasteiger partial charge in [0.2, 0.25) is 0 Å². The Morgan fingerprint density at radius 1 is 0.741 bits per heavy atom. The van der Waals surface area contributed by atoms with Gasteiger partial charge in [0.15, 0.2) is 0 Å². The van der Waals surface area contributed by atoms with Crippen LogP contribution in [0.15, 0.2) is 0 Å². The van der Waals surface area contributed by atoms with E-state index in [1.54, 1.807) is 0 Å². The summed E-state index contributed by atoms with van der Waals surface area (Å²) in [5.41, 5.74) is 0. The van der Waals surface area contributed by atoms with Gasteiger partial charge >= 0.3 is 0 Å². The predicted molar refractivity (Wildman–Crippen MR) is 115 cm³/mol. The highest BCUT2D eigenvalue weighted by atomic mass is 32.2. The van der Waals surface area contributed by atoms with Gasteiger partial charge in [0, 0.05) is 6.54 Å². The zero-order chi connectivity index (χ0) is 20.2. The van der Waals surface area contributed by atoms with Crippen LogP contribution in [0.3, 0.4) is 0 Å². The minimum atomic E-state index is -3.86. The van der Waals surface area contributed by atoms with E-state index in [0.717, 1.165) is 12.8 Å². The monoisotopic (exact) mass is 407 g/mol. The fourth-order valence-corrected chi connectivity index (χ4v) is 3.83. The summed E-state index contributed by atoms with van der Waals surface area (Å²) in [7, 11) is -3.86. The van der Waals surface area contributed by atoms with E-state index < -0.39 is 10.1 Å². The van der Waals surface area contributed by atoms with Gasteiger partial charge in [-0.15, -0.1) is 0 Å². The lowest BCUT2D eigenvalue weighted by Crippen LogP contribution is -2.28. The summed E-state index contributed by atoms with van der Waals surface area (Å²) in [5, 5.41) is 12.9. The van der Waals surface area contributed by atoms with Gasteiger partial charge in [-0.25, -0.2) is 0 Å². The minimum Gasteiger partial charge on any atom is -0.392 e.